The number of hydrogen-bond donors (Lipinski definition) is 1. The second kappa shape index (κ2) is 7.80. The van der Waals surface area contributed by atoms with Crippen LogP contribution in [0.3, 0.4) is 0 Å². The van der Waals surface area contributed by atoms with Gasteiger partial charge in [0.2, 0.25) is 0 Å². The lowest BCUT2D eigenvalue weighted by molar-refractivity contribution is 0.0695. The van der Waals surface area contributed by atoms with Crippen LogP contribution in [0.5, 0.6) is 5.75 Å². The molecule has 1 aliphatic heterocycles. The van der Waals surface area contributed by atoms with Gasteiger partial charge in [0.15, 0.2) is 0 Å². The molecule has 2 aromatic carbocycles. The number of aromatic carboxylic acids is 1. The maximum Gasteiger partial charge on any atom is 0.336 e. The van der Waals surface area contributed by atoms with Crippen LogP contribution < -0.4 is 4.74 Å². The summed E-state index contributed by atoms with van der Waals surface area (Å²) in [6, 6.07) is 14.1. The largest absolute Gasteiger partial charge is 0.493 e. The Bertz CT molecular complexity index is 1000. The van der Waals surface area contributed by atoms with Crippen LogP contribution in [0, 0.1) is 5.82 Å². The molecule has 0 radical (unpaired) electrons. The molecule has 4 rings (SSSR count). The Labute approximate surface area is 162 Å². The van der Waals surface area contributed by atoms with Crippen molar-refractivity contribution in [1.82, 2.24) is 4.98 Å². The Balaban J connectivity index is 1.54. The molecule has 0 bridgehead atoms. The average Bonchev–Trinajstić information content (AvgIpc) is 2.72. The van der Waals surface area contributed by atoms with Gasteiger partial charge in [0, 0.05) is 12.4 Å². The summed E-state index contributed by atoms with van der Waals surface area (Å²) in [6.07, 6.45) is 5.53. The Morgan fingerprint density at radius 2 is 1.93 bits per heavy atom. The second-order valence-corrected chi connectivity index (χ2v) is 6.97. The Kier molecular flexibility index (Phi) is 5.06. The van der Waals surface area contributed by atoms with Crippen molar-refractivity contribution in [3.63, 3.8) is 0 Å². The lowest BCUT2D eigenvalue weighted by atomic mass is 9.86. The maximum atomic E-state index is 13.2. The van der Waals surface area contributed by atoms with Crippen LogP contribution in [0.4, 0.5) is 4.39 Å². The SMILES string of the molecule is O=C(O)c1ccncc1CCC1CCOc2cc(-c3ccc(F)cc3)ccc21. The third kappa shape index (κ3) is 3.74. The topological polar surface area (TPSA) is 59.4 Å². The van der Waals surface area contributed by atoms with Crippen molar-refractivity contribution >= 4 is 5.97 Å². The van der Waals surface area contributed by atoms with Crippen molar-refractivity contribution in [1.29, 1.82) is 0 Å². The first kappa shape index (κ1) is 18.2. The first-order valence-electron chi connectivity index (χ1n) is 9.30. The van der Waals surface area contributed by atoms with E-state index in [2.05, 4.69) is 11.1 Å². The van der Waals surface area contributed by atoms with E-state index in [4.69, 9.17) is 4.74 Å². The molecule has 0 aliphatic carbocycles. The molecule has 0 saturated carbocycles. The van der Waals surface area contributed by atoms with E-state index in [0.717, 1.165) is 40.8 Å². The molecule has 1 unspecified atom stereocenters. The number of pyridine rings is 1. The molecule has 2 heterocycles. The molecule has 0 spiro atoms. The van der Waals surface area contributed by atoms with Gasteiger partial charge in [-0.1, -0.05) is 24.3 Å². The molecule has 28 heavy (non-hydrogen) atoms. The highest BCUT2D eigenvalue weighted by Gasteiger charge is 2.22. The first-order chi connectivity index (χ1) is 13.6. The zero-order chi connectivity index (χ0) is 19.5. The molecule has 5 heteroatoms. The van der Waals surface area contributed by atoms with E-state index in [1.165, 1.54) is 18.3 Å². The molecule has 0 amide bonds. The number of benzene rings is 2. The van der Waals surface area contributed by atoms with Crippen molar-refractivity contribution in [3.05, 3.63) is 83.4 Å². The number of fused-ring (bicyclic) bond motifs is 1. The van der Waals surface area contributed by atoms with Gasteiger partial charge in [-0.25, -0.2) is 9.18 Å². The minimum atomic E-state index is -0.922. The van der Waals surface area contributed by atoms with E-state index in [0.29, 0.717) is 24.5 Å². The first-order valence-corrected chi connectivity index (χ1v) is 9.30. The zero-order valence-electron chi connectivity index (χ0n) is 15.3. The molecule has 4 nitrogen and oxygen atoms in total. The molecular weight excluding hydrogens is 357 g/mol. The second-order valence-electron chi connectivity index (χ2n) is 6.97. The van der Waals surface area contributed by atoms with Crippen LogP contribution in [-0.2, 0) is 6.42 Å². The minimum absolute atomic E-state index is 0.255. The number of carbonyl (C=O) groups is 1. The monoisotopic (exact) mass is 377 g/mol. The van der Waals surface area contributed by atoms with Crippen LogP contribution in [0.2, 0.25) is 0 Å². The Morgan fingerprint density at radius 3 is 2.71 bits per heavy atom. The molecule has 0 saturated heterocycles. The van der Waals surface area contributed by atoms with E-state index in [1.807, 2.05) is 12.1 Å². The number of carboxylic acid groups (broad SMARTS) is 1. The normalized spacial score (nSPS) is 15.5. The van der Waals surface area contributed by atoms with Crippen molar-refractivity contribution < 1.29 is 19.0 Å². The van der Waals surface area contributed by atoms with Gasteiger partial charge in [0.05, 0.1) is 12.2 Å². The minimum Gasteiger partial charge on any atom is -0.493 e. The van der Waals surface area contributed by atoms with E-state index >= 15 is 0 Å². The summed E-state index contributed by atoms with van der Waals surface area (Å²) < 4.78 is 19.0. The predicted octanol–water partition coefficient (Wildman–Crippen LogP) is 5.08. The van der Waals surface area contributed by atoms with Gasteiger partial charge in [-0.05, 0) is 71.7 Å². The van der Waals surface area contributed by atoms with Gasteiger partial charge in [-0.15, -0.1) is 0 Å². The molecule has 3 aromatic rings. The highest BCUT2D eigenvalue weighted by Crippen LogP contribution is 2.39. The van der Waals surface area contributed by atoms with Gasteiger partial charge in [-0.2, -0.15) is 0 Å². The van der Waals surface area contributed by atoms with E-state index in [1.54, 1.807) is 24.4 Å². The molecule has 0 fully saturated rings. The molecule has 142 valence electrons. The summed E-state index contributed by atoms with van der Waals surface area (Å²) in [5.74, 6) is -0.0292. The molecular formula is C23H20FNO3. The quantitative estimate of drug-likeness (QED) is 0.673. The Morgan fingerprint density at radius 1 is 1.14 bits per heavy atom. The van der Waals surface area contributed by atoms with Crippen LogP contribution in [0.15, 0.2) is 60.9 Å². The number of hydrogen-bond acceptors (Lipinski definition) is 3. The molecule has 1 atom stereocenters. The van der Waals surface area contributed by atoms with Crippen LogP contribution in [0.1, 0.15) is 40.2 Å². The number of nitrogens with zero attached hydrogens (tertiary/aromatic N) is 1. The fourth-order valence-electron chi connectivity index (χ4n) is 3.75. The number of aryl methyl sites for hydroxylation is 1. The Hall–Kier alpha value is -3.21. The van der Waals surface area contributed by atoms with Gasteiger partial charge in [-0.3, -0.25) is 4.98 Å². The molecule has 1 N–H and O–H groups in total. The van der Waals surface area contributed by atoms with Crippen molar-refractivity contribution in [2.45, 2.75) is 25.2 Å². The maximum absolute atomic E-state index is 13.2. The van der Waals surface area contributed by atoms with Gasteiger partial charge >= 0.3 is 5.97 Å². The summed E-state index contributed by atoms with van der Waals surface area (Å²) in [5.41, 5.74) is 4.13. The standard InChI is InChI=1S/C23H20FNO3/c24-19-6-3-15(4-7-19)17-5-8-20-16(10-12-28-22(20)13-17)1-2-18-14-25-11-9-21(18)23(26)27/h3-9,11,13-14,16H,1-2,10,12H2,(H,26,27). The van der Waals surface area contributed by atoms with Crippen molar-refractivity contribution in [2.24, 2.45) is 0 Å². The lowest BCUT2D eigenvalue weighted by Gasteiger charge is -2.26. The van der Waals surface area contributed by atoms with Gasteiger partial charge in [0.25, 0.3) is 0 Å². The predicted molar refractivity (Wildman–Crippen MR) is 104 cm³/mol. The van der Waals surface area contributed by atoms with Crippen molar-refractivity contribution in [2.75, 3.05) is 6.61 Å². The zero-order valence-corrected chi connectivity index (χ0v) is 15.3. The number of halogens is 1. The average molecular weight is 377 g/mol. The summed E-state index contributed by atoms with van der Waals surface area (Å²) in [7, 11) is 0. The summed E-state index contributed by atoms with van der Waals surface area (Å²) in [4.78, 5) is 15.5. The smallest absolute Gasteiger partial charge is 0.336 e. The lowest BCUT2D eigenvalue weighted by Crippen LogP contribution is -2.15. The fourth-order valence-corrected chi connectivity index (χ4v) is 3.75. The van der Waals surface area contributed by atoms with Gasteiger partial charge < -0.3 is 9.84 Å². The number of aromatic nitrogens is 1. The van der Waals surface area contributed by atoms with Crippen molar-refractivity contribution in [3.8, 4) is 16.9 Å². The summed E-state index contributed by atoms with van der Waals surface area (Å²) >= 11 is 0. The van der Waals surface area contributed by atoms with E-state index in [-0.39, 0.29) is 5.82 Å². The van der Waals surface area contributed by atoms with Crippen LogP contribution >= 0.6 is 0 Å². The summed E-state index contributed by atoms with van der Waals surface area (Å²) in [6.45, 7) is 0.628. The van der Waals surface area contributed by atoms with Crippen LogP contribution in [-0.4, -0.2) is 22.7 Å². The van der Waals surface area contributed by atoms with E-state index in [9.17, 15) is 14.3 Å². The number of ether oxygens (including phenoxy) is 1. The third-order valence-corrected chi connectivity index (χ3v) is 5.25. The van der Waals surface area contributed by atoms with Crippen LogP contribution in [0.25, 0.3) is 11.1 Å². The molecule has 1 aliphatic rings. The van der Waals surface area contributed by atoms with Gasteiger partial charge in [0.1, 0.15) is 11.6 Å². The fraction of sp³-hybridized carbons (Fsp3) is 0.217. The highest BCUT2D eigenvalue weighted by atomic mass is 19.1. The molecule has 1 aromatic heterocycles. The number of rotatable bonds is 5. The summed E-state index contributed by atoms with van der Waals surface area (Å²) in [5, 5.41) is 9.35. The highest BCUT2D eigenvalue weighted by molar-refractivity contribution is 5.89. The third-order valence-electron chi connectivity index (χ3n) is 5.25. The van der Waals surface area contributed by atoms with E-state index < -0.39 is 5.97 Å². The number of carboxylic acids is 1.